The number of aromatic nitrogens is 1. The molecule has 186 valence electrons. The Kier molecular flexibility index (Phi) is 6.53. The minimum Gasteiger partial charge on any atom is -0.494 e. The molecule has 3 aromatic carbocycles. The Bertz CT molecular complexity index is 1320. The number of rotatable bonds is 8. The summed E-state index contributed by atoms with van der Waals surface area (Å²) in [5.41, 5.74) is 6.31. The normalized spacial score (nSPS) is 16.0. The number of benzene rings is 3. The van der Waals surface area contributed by atoms with Crippen LogP contribution in [0.4, 0.5) is 0 Å². The van der Waals surface area contributed by atoms with Gasteiger partial charge in [-0.15, -0.1) is 0 Å². The summed E-state index contributed by atoms with van der Waals surface area (Å²) < 4.78 is 16.6. The van der Waals surface area contributed by atoms with Gasteiger partial charge in [0.05, 0.1) is 6.61 Å². The summed E-state index contributed by atoms with van der Waals surface area (Å²) in [6.07, 6.45) is 1.02. The zero-order valence-corrected chi connectivity index (χ0v) is 20.8. The number of hydrogen-bond acceptors (Lipinski definition) is 5. The molecule has 0 aliphatic carbocycles. The molecule has 3 heterocycles. The van der Waals surface area contributed by atoms with Crippen LogP contribution in [-0.4, -0.2) is 60.9 Å². The molecule has 0 spiro atoms. The van der Waals surface area contributed by atoms with E-state index in [1.807, 2.05) is 13.0 Å². The van der Waals surface area contributed by atoms with Crippen LogP contribution in [0.3, 0.4) is 0 Å². The number of aromatic amines is 1. The molecule has 6 heteroatoms. The van der Waals surface area contributed by atoms with Gasteiger partial charge in [0, 0.05) is 55.9 Å². The summed E-state index contributed by atoms with van der Waals surface area (Å²) in [5, 5.41) is 1.32. The first-order valence-electron chi connectivity index (χ1n) is 12.9. The van der Waals surface area contributed by atoms with Crippen LogP contribution in [0.15, 0.2) is 66.7 Å². The van der Waals surface area contributed by atoms with E-state index < -0.39 is 0 Å². The predicted octanol–water partition coefficient (Wildman–Crippen LogP) is 5.32. The Morgan fingerprint density at radius 3 is 2.47 bits per heavy atom. The van der Waals surface area contributed by atoms with Crippen molar-refractivity contribution in [2.24, 2.45) is 0 Å². The van der Waals surface area contributed by atoms with Gasteiger partial charge in [-0.3, -0.25) is 4.90 Å². The van der Waals surface area contributed by atoms with Crippen LogP contribution in [0.1, 0.15) is 18.1 Å². The predicted molar refractivity (Wildman–Crippen MR) is 143 cm³/mol. The van der Waals surface area contributed by atoms with Crippen LogP contribution in [0.5, 0.6) is 17.2 Å². The fraction of sp³-hybridized carbons (Fsp3) is 0.333. The molecule has 0 saturated carbocycles. The van der Waals surface area contributed by atoms with Gasteiger partial charge in [-0.1, -0.05) is 24.3 Å². The van der Waals surface area contributed by atoms with Crippen molar-refractivity contribution in [2.75, 3.05) is 46.1 Å². The number of para-hydroxylation sites is 1. The van der Waals surface area contributed by atoms with Gasteiger partial charge >= 0.3 is 0 Å². The van der Waals surface area contributed by atoms with E-state index in [-0.39, 0.29) is 0 Å². The van der Waals surface area contributed by atoms with E-state index in [1.165, 1.54) is 33.3 Å². The number of nitrogens with one attached hydrogen (secondary N) is 1. The molecule has 0 unspecified atom stereocenters. The molecule has 0 radical (unpaired) electrons. The zero-order valence-electron chi connectivity index (χ0n) is 20.8. The zero-order chi connectivity index (χ0) is 24.3. The monoisotopic (exact) mass is 483 g/mol. The van der Waals surface area contributed by atoms with E-state index in [1.54, 1.807) is 0 Å². The fourth-order valence-corrected chi connectivity index (χ4v) is 5.33. The quantitative estimate of drug-likeness (QED) is 0.368. The van der Waals surface area contributed by atoms with Crippen LogP contribution >= 0.6 is 0 Å². The van der Waals surface area contributed by atoms with Gasteiger partial charge in [0.1, 0.15) is 5.75 Å². The van der Waals surface area contributed by atoms with Gasteiger partial charge in [0.25, 0.3) is 0 Å². The van der Waals surface area contributed by atoms with E-state index >= 15 is 0 Å². The molecule has 0 bridgehead atoms. The number of hydrogen-bond donors (Lipinski definition) is 1. The van der Waals surface area contributed by atoms with E-state index in [0.29, 0.717) is 13.4 Å². The summed E-state index contributed by atoms with van der Waals surface area (Å²) in [4.78, 5) is 8.81. The average molecular weight is 484 g/mol. The summed E-state index contributed by atoms with van der Waals surface area (Å²) in [7, 11) is 0. The molecule has 6 rings (SSSR count). The van der Waals surface area contributed by atoms with Crippen LogP contribution in [0.2, 0.25) is 0 Å². The molecular weight excluding hydrogens is 450 g/mol. The van der Waals surface area contributed by atoms with Gasteiger partial charge in [-0.2, -0.15) is 0 Å². The standard InChI is InChI=1S/C30H33N3O3/c1-2-34-24-10-8-23(9-11-24)30-26(25-5-3-4-6-27(25)31-30)13-14-32-15-17-33(18-16-32)20-22-7-12-28-29(19-22)36-21-35-28/h3-12,19,31H,2,13-18,20-21H2,1H3. The highest BCUT2D eigenvalue weighted by Crippen LogP contribution is 2.33. The van der Waals surface area contributed by atoms with Crippen molar-refractivity contribution in [1.29, 1.82) is 0 Å². The first kappa shape index (κ1) is 23.0. The van der Waals surface area contributed by atoms with Gasteiger partial charge in [-0.25, -0.2) is 0 Å². The summed E-state index contributed by atoms with van der Waals surface area (Å²) in [6, 6.07) is 23.4. The van der Waals surface area contributed by atoms with E-state index in [0.717, 1.165) is 62.9 Å². The number of H-pyrrole nitrogens is 1. The summed E-state index contributed by atoms with van der Waals surface area (Å²) in [5.74, 6) is 2.64. The fourth-order valence-electron chi connectivity index (χ4n) is 5.33. The third kappa shape index (κ3) is 4.79. The van der Waals surface area contributed by atoms with Crippen LogP contribution in [0.25, 0.3) is 22.2 Å². The van der Waals surface area contributed by atoms with Gasteiger partial charge < -0.3 is 24.1 Å². The van der Waals surface area contributed by atoms with Crippen molar-refractivity contribution in [3.8, 4) is 28.5 Å². The van der Waals surface area contributed by atoms with Crippen LogP contribution < -0.4 is 14.2 Å². The van der Waals surface area contributed by atoms with Crippen molar-refractivity contribution in [2.45, 2.75) is 19.9 Å². The SMILES string of the molecule is CCOc1ccc(-c2[nH]c3ccccc3c2CCN2CCN(Cc3ccc4c(c3)OCO4)CC2)cc1. The van der Waals surface area contributed by atoms with Crippen LogP contribution in [-0.2, 0) is 13.0 Å². The van der Waals surface area contributed by atoms with E-state index in [9.17, 15) is 0 Å². The molecule has 36 heavy (non-hydrogen) atoms. The third-order valence-electron chi connectivity index (χ3n) is 7.25. The number of fused-ring (bicyclic) bond motifs is 2. The molecule has 1 fully saturated rings. The lowest BCUT2D eigenvalue weighted by atomic mass is 10.0. The summed E-state index contributed by atoms with van der Waals surface area (Å²) in [6.45, 7) is 9.37. The topological polar surface area (TPSA) is 50.0 Å². The highest BCUT2D eigenvalue weighted by Gasteiger charge is 2.20. The molecule has 1 saturated heterocycles. The molecular formula is C30H33N3O3. The molecule has 1 aromatic heterocycles. The Labute approximate surface area is 212 Å². The number of piperazine rings is 1. The molecule has 2 aliphatic heterocycles. The lowest BCUT2D eigenvalue weighted by Crippen LogP contribution is -2.46. The third-order valence-corrected chi connectivity index (χ3v) is 7.25. The van der Waals surface area contributed by atoms with E-state index in [2.05, 4.69) is 75.4 Å². The average Bonchev–Trinajstić information content (AvgIpc) is 3.53. The Morgan fingerprint density at radius 2 is 1.64 bits per heavy atom. The minimum absolute atomic E-state index is 0.328. The molecule has 2 aliphatic rings. The van der Waals surface area contributed by atoms with Gasteiger partial charge in [0.15, 0.2) is 11.5 Å². The van der Waals surface area contributed by atoms with Crippen molar-refractivity contribution in [1.82, 2.24) is 14.8 Å². The molecule has 0 amide bonds. The van der Waals surface area contributed by atoms with Gasteiger partial charge in [-0.05, 0) is 72.5 Å². The van der Waals surface area contributed by atoms with Gasteiger partial charge in [0.2, 0.25) is 6.79 Å². The molecule has 6 nitrogen and oxygen atoms in total. The second-order valence-corrected chi connectivity index (χ2v) is 9.54. The number of ether oxygens (including phenoxy) is 3. The lowest BCUT2D eigenvalue weighted by Gasteiger charge is -2.34. The lowest BCUT2D eigenvalue weighted by molar-refractivity contribution is 0.128. The smallest absolute Gasteiger partial charge is 0.231 e. The molecule has 1 N–H and O–H groups in total. The first-order chi connectivity index (χ1) is 17.8. The maximum Gasteiger partial charge on any atom is 0.231 e. The molecule has 0 atom stereocenters. The second-order valence-electron chi connectivity index (χ2n) is 9.54. The Balaban J connectivity index is 1.10. The number of nitrogens with zero attached hydrogens (tertiary/aromatic N) is 2. The van der Waals surface area contributed by atoms with Crippen molar-refractivity contribution < 1.29 is 14.2 Å². The van der Waals surface area contributed by atoms with Crippen molar-refractivity contribution in [3.05, 3.63) is 77.9 Å². The summed E-state index contributed by atoms with van der Waals surface area (Å²) >= 11 is 0. The maximum atomic E-state index is 5.65. The van der Waals surface area contributed by atoms with E-state index in [4.69, 9.17) is 14.2 Å². The Hall–Kier alpha value is -3.48. The van der Waals surface area contributed by atoms with Crippen molar-refractivity contribution >= 4 is 10.9 Å². The second kappa shape index (κ2) is 10.2. The maximum absolute atomic E-state index is 5.65. The minimum atomic E-state index is 0.328. The van der Waals surface area contributed by atoms with Crippen LogP contribution in [0, 0.1) is 0 Å². The largest absolute Gasteiger partial charge is 0.494 e. The Morgan fingerprint density at radius 1 is 0.861 bits per heavy atom. The van der Waals surface area contributed by atoms with Crippen molar-refractivity contribution in [3.63, 3.8) is 0 Å². The first-order valence-corrected chi connectivity index (χ1v) is 12.9. The highest BCUT2D eigenvalue weighted by atomic mass is 16.7. The highest BCUT2D eigenvalue weighted by molar-refractivity contribution is 5.90. The molecule has 4 aromatic rings.